The molecular formula is C24H26N4O. The number of rotatable bonds is 4. The van der Waals surface area contributed by atoms with Crippen molar-refractivity contribution in [1.29, 1.82) is 5.26 Å². The minimum absolute atomic E-state index is 0.122. The standard InChI is InChI=1S/C24H26N4O/c1-24(2,26-13-5-6-14-26)17-23(29)28-16-8-7-15-27(28)22-12-11-19(18-25)20-9-3-4-10-21(20)22/h3-6,9-14H,7-8,15-17H2,1-2H3. The van der Waals surface area contributed by atoms with Gasteiger partial charge < -0.3 is 4.57 Å². The molecule has 0 atom stereocenters. The number of anilines is 1. The van der Waals surface area contributed by atoms with Crippen LogP contribution in [0.2, 0.25) is 0 Å². The first-order chi connectivity index (χ1) is 14.0. The molecule has 1 aromatic heterocycles. The molecule has 148 valence electrons. The highest BCUT2D eigenvalue weighted by atomic mass is 16.2. The Morgan fingerprint density at radius 3 is 2.41 bits per heavy atom. The quantitative estimate of drug-likeness (QED) is 0.654. The molecule has 0 aliphatic carbocycles. The summed E-state index contributed by atoms with van der Waals surface area (Å²) < 4.78 is 2.09. The summed E-state index contributed by atoms with van der Waals surface area (Å²) in [5.74, 6) is 0.122. The highest BCUT2D eigenvalue weighted by Crippen LogP contribution is 2.33. The van der Waals surface area contributed by atoms with E-state index in [9.17, 15) is 10.1 Å². The van der Waals surface area contributed by atoms with Crippen molar-refractivity contribution in [3.05, 3.63) is 66.5 Å². The first-order valence-electron chi connectivity index (χ1n) is 10.1. The van der Waals surface area contributed by atoms with Crippen LogP contribution in [0.3, 0.4) is 0 Å². The summed E-state index contributed by atoms with van der Waals surface area (Å²) in [6.45, 7) is 5.70. The topological polar surface area (TPSA) is 52.3 Å². The van der Waals surface area contributed by atoms with Gasteiger partial charge in [-0.2, -0.15) is 5.26 Å². The molecule has 1 saturated heterocycles. The number of fused-ring (bicyclic) bond motifs is 1. The van der Waals surface area contributed by atoms with Gasteiger partial charge in [-0.05, 0) is 51.0 Å². The molecule has 2 aromatic carbocycles. The molecule has 29 heavy (non-hydrogen) atoms. The lowest BCUT2D eigenvalue weighted by Crippen LogP contribution is -2.52. The third-order valence-electron chi connectivity index (χ3n) is 5.76. The molecule has 1 aliphatic heterocycles. The van der Waals surface area contributed by atoms with Crippen molar-refractivity contribution in [2.45, 2.75) is 38.6 Å². The Balaban J connectivity index is 1.68. The number of hydrogen-bond donors (Lipinski definition) is 0. The maximum atomic E-state index is 13.4. The Kier molecular flexibility index (Phi) is 5.02. The maximum Gasteiger partial charge on any atom is 0.243 e. The molecule has 2 heterocycles. The normalized spacial score (nSPS) is 14.8. The molecule has 5 nitrogen and oxygen atoms in total. The zero-order chi connectivity index (χ0) is 20.4. The lowest BCUT2D eigenvalue weighted by atomic mass is 9.99. The van der Waals surface area contributed by atoms with Crippen molar-refractivity contribution >= 4 is 22.4 Å². The van der Waals surface area contributed by atoms with E-state index in [1.54, 1.807) is 0 Å². The number of carbonyl (C=O) groups excluding carboxylic acids is 1. The molecular weight excluding hydrogens is 360 g/mol. The van der Waals surface area contributed by atoms with Gasteiger partial charge in [0.05, 0.1) is 23.7 Å². The molecule has 0 spiro atoms. The van der Waals surface area contributed by atoms with Crippen LogP contribution in [0.5, 0.6) is 0 Å². The van der Waals surface area contributed by atoms with Gasteiger partial charge in [0.2, 0.25) is 5.91 Å². The summed E-state index contributed by atoms with van der Waals surface area (Å²) in [6.07, 6.45) is 6.48. The highest BCUT2D eigenvalue weighted by molar-refractivity contribution is 5.98. The minimum Gasteiger partial charge on any atom is -0.348 e. The second-order valence-electron chi connectivity index (χ2n) is 8.22. The van der Waals surface area contributed by atoms with E-state index in [-0.39, 0.29) is 11.4 Å². The van der Waals surface area contributed by atoms with E-state index in [0.717, 1.165) is 42.4 Å². The van der Waals surface area contributed by atoms with Gasteiger partial charge in [-0.15, -0.1) is 0 Å². The second kappa shape index (κ2) is 7.63. The summed E-state index contributed by atoms with van der Waals surface area (Å²) in [5.41, 5.74) is 1.36. The van der Waals surface area contributed by atoms with Crippen LogP contribution in [0.4, 0.5) is 5.69 Å². The van der Waals surface area contributed by atoms with E-state index in [1.165, 1.54) is 0 Å². The first-order valence-corrected chi connectivity index (χ1v) is 10.1. The van der Waals surface area contributed by atoms with Crippen molar-refractivity contribution in [2.75, 3.05) is 18.1 Å². The number of aromatic nitrogens is 1. The summed E-state index contributed by atoms with van der Waals surface area (Å²) in [7, 11) is 0. The average Bonchev–Trinajstić information content (AvgIpc) is 3.29. The summed E-state index contributed by atoms with van der Waals surface area (Å²) in [6, 6.07) is 18.0. The van der Waals surface area contributed by atoms with Crippen molar-refractivity contribution in [3.8, 4) is 6.07 Å². The molecule has 4 rings (SSSR count). The van der Waals surface area contributed by atoms with Crippen LogP contribution < -0.4 is 5.01 Å². The van der Waals surface area contributed by atoms with E-state index < -0.39 is 0 Å². The van der Waals surface area contributed by atoms with Gasteiger partial charge in [-0.1, -0.05) is 24.3 Å². The van der Waals surface area contributed by atoms with Gasteiger partial charge in [-0.3, -0.25) is 14.8 Å². The monoisotopic (exact) mass is 386 g/mol. The second-order valence-corrected chi connectivity index (χ2v) is 8.22. The third-order valence-corrected chi connectivity index (χ3v) is 5.76. The van der Waals surface area contributed by atoms with E-state index in [1.807, 2.05) is 65.9 Å². The van der Waals surface area contributed by atoms with Gasteiger partial charge >= 0.3 is 0 Å². The van der Waals surface area contributed by atoms with Crippen LogP contribution in [0, 0.1) is 11.3 Å². The first kappa shape index (κ1) is 19.1. The molecule has 3 aromatic rings. The minimum atomic E-state index is -0.295. The summed E-state index contributed by atoms with van der Waals surface area (Å²) in [4.78, 5) is 13.4. The smallest absolute Gasteiger partial charge is 0.243 e. The van der Waals surface area contributed by atoms with Crippen molar-refractivity contribution in [3.63, 3.8) is 0 Å². The number of nitrogens with zero attached hydrogens (tertiary/aromatic N) is 4. The van der Waals surface area contributed by atoms with E-state index >= 15 is 0 Å². The van der Waals surface area contributed by atoms with Gasteiger partial charge in [0.25, 0.3) is 0 Å². The molecule has 0 radical (unpaired) electrons. The van der Waals surface area contributed by atoms with Crippen molar-refractivity contribution < 1.29 is 4.79 Å². The lowest BCUT2D eigenvalue weighted by Gasteiger charge is -2.42. The third kappa shape index (κ3) is 3.58. The SMILES string of the molecule is CC(C)(CC(=O)N1CCCCN1c1ccc(C#N)c2ccccc12)n1cccc1. The Morgan fingerprint density at radius 1 is 1.00 bits per heavy atom. The van der Waals surface area contributed by atoms with Gasteiger partial charge in [0.15, 0.2) is 0 Å². The van der Waals surface area contributed by atoms with Gasteiger partial charge in [0.1, 0.15) is 0 Å². The number of benzene rings is 2. The predicted molar refractivity (Wildman–Crippen MR) is 115 cm³/mol. The van der Waals surface area contributed by atoms with Crippen LogP contribution in [-0.2, 0) is 10.3 Å². The van der Waals surface area contributed by atoms with Gasteiger partial charge in [-0.25, -0.2) is 0 Å². The fraction of sp³-hybridized carbons (Fsp3) is 0.333. The number of carbonyl (C=O) groups is 1. The number of nitriles is 1. The van der Waals surface area contributed by atoms with Crippen LogP contribution in [0.1, 0.15) is 38.7 Å². The Hall–Kier alpha value is -3.26. The Morgan fingerprint density at radius 2 is 1.69 bits per heavy atom. The van der Waals surface area contributed by atoms with Crippen LogP contribution >= 0.6 is 0 Å². The maximum absolute atomic E-state index is 13.4. The Labute approximate surface area is 171 Å². The molecule has 0 unspecified atom stereocenters. The summed E-state index contributed by atoms with van der Waals surface area (Å²) >= 11 is 0. The number of hydrazine groups is 1. The van der Waals surface area contributed by atoms with Crippen LogP contribution in [0.15, 0.2) is 60.9 Å². The number of amides is 1. The van der Waals surface area contributed by atoms with Crippen LogP contribution in [0.25, 0.3) is 10.8 Å². The summed E-state index contributed by atoms with van der Waals surface area (Å²) in [5, 5.41) is 15.4. The largest absolute Gasteiger partial charge is 0.348 e. The number of hydrogen-bond acceptors (Lipinski definition) is 3. The zero-order valence-electron chi connectivity index (χ0n) is 17.0. The molecule has 1 amide bonds. The van der Waals surface area contributed by atoms with E-state index in [4.69, 9.17) is 0 Å². The molecule has 0 saturated carbocycles. The molecule has 1 fully saturated rings. The Bertz CT molecular complexity index is 1060. The highest BCUT2D eigenvalue weighted by Gasteiger charge is 2.31. The molecule has 0 bridgehead atoms. The fourth-order valence-corrected chi connectivity index (χ4v) is 4.17. The molecule has 1 aliphatic rings. The lowest BCUT2D eigenvalue weighted by molar-refractivity contribution is -0.134. The predicted octanol–water partition coefficient (Wildman–Crippen LogP) is 4.68. The van der Waals surface area contributed by atoms with Gasteiger partial charge in [0, 0.05) is 41.8 Å². The molecule has 5 heteroatoms. The average molecular weight is 386 g/mol. The van der Waals surface area contributed by atoms with Crippen LogP contribution in [-0.4, -0.2) is 28.6 Å². The van der Waals surface area contributed by atoms with E-state index in [2.05, 4.69) is 29.5 Å². The molecule has 0 N–H and O–H groups in total. The van der Waals surface area contributed by atoms with Crippen molar-refractivity contribution in [1.82, 2.24) is 9.58 Å². The van der Waals surface area contributed by atoms with Crippen molar-refractivity contribution in [2.24, 2.45) is 0 Å². The van der Waals surface area contributed by atoms with E-state index in [0.29, 0.717) is 12.0 Å². The zero-order valence-corrected chi connectivity index (χ0v) is 17.0. The fourth-order valence-electron chi connectivity index (χ4n) is 4.17.